The smallest absolute Gasteiger partial charge is 0.143 e. The number of rotatable bonds is 6. The summed E-state index contributed by atoms with van der Waals surface area (Å²) in [6.45, 7) is 0. The third kappa shape index (κ3) is 5.33. The number of para-hydroxylation sites is 3. The number of nitrogens with zero attached hydrogens (tertiary/aromatic N) is 2. The minimum Gasteiger partial charge on any atom is -0.456 e. The van der Waals surface area contributed by atoms with Crippen molar-refractivity contribution in [3.8, 4) is 27.9 Å². The van der Waals surface area contributed by atoms with Gasteiger partial charge in [-0.25, -0.2) is 0 Å². The summed E-state index contributed by atoms with van der Waals surface area (Å²) < 4.78 is 15.3. The summed E-state index contributed by atoms with van der Waals surface area (Å²) in [7, 11) is 0. The van der Waals surface area contributed by atoms with Gasteiger partial charge in [-0.3, -0.25) is 0 Å². The number of aromatic nitrogens is 1. The van der Waals surface area contributed by atoms with Crippen molar-refractivity contribution in [3.05, 3.63) is 218 Å². The first-order chi connectivity index (χ1) is 30.7. The molecule has 0 N–H and O–H groups in total. The third-order valence-electron chi connectivity index (χ3n) is 12.6. The van der Waals surface area contributed by atoms with Crippen LogP contribution in [0.5, 0.6) is 0 Å². The Bertz CT molecular complexity index is 3810. The van der Waals surface area contributed by atoms with E-state index in [0.717, 1.165) is 99.7 Å². The molecule has 10 aromatic carbocycles. The minimum atomic E-state index is 0.855. The van der Waals surface area contributed by atoms with Gasteiger partial charge in [0.1, 0.15) is 22.3 Å². The van der Waals surface area contributed by atoms with Crippen LogP contribution in [0.3, 0.4) is 0 Å². The van der Waals surface area contributed by atoms with Crippen molar-refractivity contribution in [1.29, 1.82) is 0 Å². The van der Waals surface area contributed by atoms with Crippen LogP contribution in [0.4, 0.5) is 17.1 Å². The molecule has 4 nitrogen and oxygen atoms in total. The predicted molar refractivity (Wildman–Crippen MR) is 258 cm³/mol. The van der Waals surface area contributed by atoms with E-state index in [9.17, 15) is 0 Å². The van der Waals surface area contributed by atoms with Gasteiger partial charge in [0.25, 0.3) is 0 Å². The second-order valence-corrected chi connectivity index (χ2v) is 16.1. The monoisotopic (exact) mass is 792 g/mol. The standard InChI is InChI=1S/C58H36N2O2/c1-2-14-45-39(11-1)27-34-50-57-53(20-10-22-55(57)62-58(45)50)59(43-31-25-38(26-32-43)41-28-33-49-48-17-5-8-21-54(48)61-56(49)36-41)42-29-23-37(24-30-42)40-12-9-13-44(35-40)60-51-18-6-3-15-46(51)47-16-4-7-19-52(47)60/h1-36H. The molecule has 0 bridgehead atoms. The molecule has 13 aromatic rings. The quantitative estimate of drug-likeness (QED) is 0.168. The lowest BCUT2D eigenvalue weighted by Gasteiger charge is -2.26. The average molecular weight is 793 g/mol. The highest BCUT2D eigenvalue weighted by atomic mass is 16.3. The van der Waals surface area contributed by atoms with Gasteiger partial charge in [0.2, 0.25) is 0 Å². The zero-order chi connectivity index (χ0) is 40.7. The van der Waals surface area contributed by atoms with Crippen molar-refractivity contribution >= 4 is 93.5 Å². The van der Waals surface area contributed by atoms with E-state index in [2.05, 4.69) is 216 Å². The molecule has 0 spiro atoms. The molecular formula is C58H36N2O2. The molecule has 0 unspecified atom stereocenters. The van der Waals surface area contributed by atoms with E-state index in [0.29, 0.717) is 0 Å². The maximum Gasteiger partial charge on any atom is 0.143 e. The predicted octanol–water partition coefficient (Wildman–Crippen LogP) is 16.5. The van der Waals surface area contributed by atoms with Gasteiger partial charge in [-0.2, -0.15) is 0 Å². The van der Waals surface area contributed by atoms with E-state index >= 15 is 0 Å². The van der Waals surface area contributed by atoms with E-state index in [1.165, 1.54) is 21.8 Å². The second-order valence-electron chi connectivity index (χ2n) is 16.1. The highest BCUT2D eigenvalue weighted by Gasteiger charge is 2.21. The van der Waals surface area contributed by atoms with Crippen molar-refractivity contribution in [3.63, 3.8) is 0 Å². The summed E-state index contributed by atoms with van der Waals surface area (Å²) in [5, 5.41) is 9.21. The summed E-state index contributed by atoms with van der Waals surface area (Å²) in [4.78, 5) is 2.36. The van der Waals surface area contributed by atoms with Crippen LogP contribution in [0.2, 0.25) is 0 Å². The molecule has 0 aliphatic carbocycles. The van der Waals surface area contributed by atoms with Gasteiger partial charge in [0.05, 0.1) is 22.1 Å². The lowest BCUT2D eigenvalue weighted by Crippen LogP contribution is -2.10. The summed E-state index contributed by atoms with van der Waals surface area (Å²) in [6.07, 6.45) is 0. The summed E-state index contributed by atoms with van der Waals surface area (Å²) in [6, 6.07) is 78.0. The minimum absolute atomic E-state index is 0.855. The van der Waals surface area contributed by atoms with Gasteiger partial charge < -0.3 is 18.3 Å². The lowest BCUT2D eigenvalue weighted by molar-refractivity contribution is 0.669. The molecule has 0 saturated carbocycles. The molecule has 13 rings (SSSR count). The van der Waals surface area contributed by atoms with Crippen LogP contribution < -0.4 is 4.90 Å². The number of hydrogen-bond donors (Lipinski definition) is 0. The van der Waals surface area contributed by atoms with Gasteiger partial charge >= 0.3 is 0 Å². The summed E-state index contributed by atoms with van der Waals surface area (Å²) in [5.41, 5.74) is 14.8. The summed E-state index contributed by atoms with van der Waals surface area (Å²) >= 11 is 0. The van der Waals surface area contributed by atoms with Crippen molar-refractivity contribution in [2.45, 2.75) is 0 Å². The zero-order valence-electron chi connectivity index (χ0n) is 33.5. The van der Waals surface area contributed by atoms with Crippen LogP contribution in [0, 0.1) is 0 Å². The lowest BCUT2D eigenvalue weighted by atomic mass is 10.0. The van der Waals surface area contributed by atoms with Crippen LogP contribution in [0.1, 0.15) is 0 Å². The Labute approximate surface area is 356 Å². The van der Waals surface area contributed by atoms with E-state index in [4.69, 9.17) is 8.83 Å². The van der Waals surface area contributed by atoms with Crippen molar-refractivity contribution in [1.82, 2.24) is 4.57 Å². The zero-order valence-corrected chi connectivity index (χ0v) is 33.5. The number of hydrogen-bond acceptors (Lipinski definition) is 3. The Morgan fingerprint density at radius 1 is 0.339 bits per heavy atom. The van der Waals surface area contributed by atoms with Crippen molar-refractivity contribution in [2.75, 3.05) is 4.90 Å². The topological polar surface area (TPSA) is 34.5 Å². The van der Waals surface area contributed by atoms with Crippen molar-refractivity contribution < 1.29 is 8.83 Å². The number of anilines is 3. The molecule has 3 aromatic heterocycles. The van der Waals surface area contributed by atoms with Crippen LogP contribution in [-0.2, 0) is 0 Å². The van der Waals surface area contributed by atoms with E-state index in [-0.39, 0.29) is 0 Å². The molecule has 290 valence electrons. The number of furan rings is 2. The van der Waals surface area contributed by atoms with Crippen LogP contribution >= 0.6 is 0 Å². The van der Waals surface area contributed by atoms with Gasteiger partial charge in [0.15, 0.2) is 0 Å². The normalized spacial score (nSPS) is 11.9. The molecule has 0 saturated heterocycles. The van der Waals surface area contributed by atoms with Gasteiger partial charge in [0, 0.05) is 49.4 Å². The Morgan fingerprint density at radius 3 is 1.65 bits per heavy atom. The van der Waals surface area contributed by atoms with Crippen LogP contribution in [0.25, 0.3) is 104 Å². The van der Waals surface area contributed by atoms with E-state index < -0.39 is 0 Å². The molecule has 0 radical (unpaired) electrons. The SMILES string of the molecule is c1cc(-c2ccc(N(c3ccc(-c4ccc5c(c4)oc4ccccc45)cc3)c3cccc4oc5c6ccccc6ccc5c34)cc2)cc(-n2c3ccccc3c3ccccc32)c1. The molecule has 0 fully saturated rings. The maximum absolute atomic E-state index is 6.70. The van der Waals surface area contributed by atoms with Crippen LogP contribution in [-0.4, -0.2) is 4.57 Å². The van der Waals surface area contributed by atoms with Crippen LogP contribution in [0.15, 0.2) is 227 Å². The van der Waals surface area contributed by atoms with E-state index in [1.807, 2.05) is 12.1 Å². The fourth-order valence-corrected chi connectivity index (χ4v) is 9.69. The van der Waals surface area contributed by atoms with Gasteiger partial charge in [-0.05, 0) is 113 Å². The first-order valence-electron chi connectivity index (χ1n) is 21.1. The Hall–Kier alpha value is -8.34. The number of benzene rings is 10. The molecule has 3 heterocycles. The molecule has 0 atom stereocenters. The maximum atomic E-state index is 6.70. The first kappa shape index (κ1) is 34.5. The molecule has 0 amide bonds. The Morgan fingerprint density at radius 2 is 0.903 bits per heavy atom. The Balaban J connectivity index is 0.936. The highest BCUT2D eigenvalue weighted by molar-refractivity contribution is 6.19. The number of fused-ring (bicyclic) bond motifs is 11. The second kappa shape index (κ2) is 13.6. The molecule has 0 aliphatic rings. The highest BCUT2D eigenvalue weighted by Crippen LogP contribution is 2.45. The molecule has 62 heavy (non-hydrogen) atoms. The average Bonchev–Trinajstić information content (AvgIpc) is 4.02. The largest absolute Gasteiger partial charge is 0.456 e. The Kier molecular flexibility index (Phi) is 7.57. The van der Waals surface area contributed by atoms with Crippen molar-refractivity contribution in [2.24, 2.45) is 0 Å². The molecule has 0 aliphatic heterocycles. The molecular weight excluding hydrogens is 757 g/mol. The fraction of sp³-hybridized carbons (Fsp3) is 0. The molecule has 4 heteroatoms. The van der Waals surface area contributed by atoms with Gasteiger partial charge in [-0.1, -0.05) is 133 Å². The fourth-order valence-electron chi connectivity index (χ4n) is 9.69. The first-order valence-corrected chi connectivity index (χ1v) is 21.1. The van der Waals surface area contributed by atoms with E-state index in [1.54, 1.807) is 0 Å². The summed E-state index contributed by atoms with van der Waals surface area (Å²) in [5.74, 6) is 0. The third-order valence-corrected chi connectivity index (χ3v) is 12.6. The van der Waals surface area contributed by atoms with Gasteiger partial charge in [-0.15, -0.1) is 0 Å².